The zero-order valence-corrected chi connectivity index (χ0v) is 13.7. The van der Waals surface area contributed by atoms with Gasteiger partial charge in [-0.15, -0.1) is 0 Å². The molecule has 0 fully saturated rings. The van der Waals surface area contributed by atoms with Crippen molar-refractivity contribution >= 4 is 21.8 Å². The molecule has 2 aromatic rings. The SMILES string of the molecule is O=C(CCc1cccc(=O)[nH]1)N1CCc2ccc(Br)cc2C1. The monoisotopic (exact) mass is 360 g/mol. The largest absolute Gasteiger partial charge is 0.338 e. The highest BCUT2D eigenvalue weighted by molar-refractivity contribution is 9.10. The van der Waals surface area contributed by atoms with Crippen molar-refractivity contribution in [2.45, 2.75) is 25.8 Å². The number of aromatic amines is 1. The smallest absolute Gasteiger partial charge is 0.248 e. The molecule has 0 atom stereocenters. The summed E-state index contributed by atoms with van der Waals surface area (Å²) in [5, 5.41) is 0. The van der Waals surface area contributed by atoms with Gasteiger partial charge in [0.2, 0.25) is 11.5 Å². The molecule has 0 unspecified atom stereocenters. The van der Waals surface area contributed by atoms with E-state index in [1.54, 1.807) is 6.07 Å². The van der Waals surface area contributed by atoms with Crippen molar-refractivity contribution < 1.29 is 4.79 Å². The molecular formula is C17H17BrN2O2. The number of H-pyrrole nitrogens is 1. The van der Waals surface area contributed by atoms with Crippen molar-refractivity contribution in [1.82, 2.24) is 9.88 Å². The lowest BCUT2D eigenvalue weighted by Crippen LogP contribution is -2.36. The first-order valence-corrected chi connectivity index (χ1v) is 8.14. The average molecular weight is 361 g/mol. The summed E-state index contributed by atoms with van der Waals surface area (Å²) in [7, 11) is 0. The van der Waals surface area contributed by atoms with Crippen molar-refractivity contribution in [2.24, 2.45) is 0 Å². The van der Waals surface area contributed by atoms with Gasteiger partial charge in [0.25, 0.3) is 0 Å². The Balaban J connectivity index is 1.63. The Morgan fingerprint density at radius 2 is 2.09 bits per heavy atom. The van der Waals surface area contributed by atoms with Crippen molar-refractivity contribution in [3.05, 3.63) is 68.0 Å². The first-order chi connectivity index (χ1) is 10.6. The normalized spacial score (nSPS) is 13.8. The molecule has 0 aliphatic carbocycles. The second-order valence-electron chi connectivity index (χ2n) is 5.52. The van der Waals surface area contributed by atoms with Crippen LogP contribution in [0.4, 0.5) is 0 Å². The van der Waals surface area contributed by atoms with Gasteiger partial charge in [-0.3, -0.25) is 9.59 Å². The van der Waals surface area contributed by atoms with Crippen LogP contribution in [0.5, 0.6) is 0 Å². The van der Waals surface area contributed by atoms with Gasteiger partial charge < -0.3 is 9.88 Å². The molecule has 0 saturated heterocycles. The number of hydrogen-bond donors (Lipinski definition) is 1. The summed E-state index contributed by atoms with van der Waals surface area (Å²) < 4.78 is 1.04. The Bertz CT molecular complexity index is 754. The molecule has 1 N–H and O–H groups in total. The van der Waals surface area contributed by atoms with Crippen LogP contribution in [0.1, 0.15) is 23.2 Å². The molecule has 1 aromatic heterocycles. The molecule has 3 rings (SSSR count). The average Bonchev–Trinajstić information content (AvgIpc) is 2.52. The summed E-state index contributed by atoms with van der Waals surface area (Å²) >= 11 is 3.48. The number of carbonyl (C=O) groups excluding carboxylic acids is 1. The standard InChI is InChI=1S/C17H17BrN2O2/c18-14-5-4-12-8-9-20(11-13(12)10-14)17(22)7-6-15-2-1-3-16(21)19-15/h1-5,10H,6-9,11H2,(H,19,21). The highest BCUT2D eigenvalue weighted by atomic mass is 79.9. The number of carbonyl (C=O) groups is 1. The number of fused-ring (bicyclic) bond motifs is 1. The van der Waals surface area contributed by atoms with E-state index in [4.69, 9.17) is 0 Å². The minimum absolute atomic E-state index is 0.123. The number of hydrogen-bond acceptors (Lipinski definition) is 2. The number of nitrogens with one attached hydrogen (secondary N) is 1. The number of halogens is 1. The molecule has 1 aromatic carbocycles. The molecule has 5 heteroatoms. The van der Waals surface area contributed by atoms with Crippen LogP contribution in [0.25, 0.3) is 0 Å². The van der Waals surface area contributed by atoms with E-state index in [0.29, 0.717) is 19.4 Å². The van der Waals surface area contributed by atoms with Gasteiger partial charge in [-0.2, -0.15) is 0 Å². The second kappa shape index (κ2) is 6.48. The minimum atomic E-state index is -0.123. The number of pyridine rings is 1. The minimum Gasteiger partial charge on any atom is -0.338 e. The Hall–Kier alpha value is -1.88. The van der Waals surface area contributed by atoms with Gasteiger partial charge in [0.15, 0.2) is 0 Å². The highest BCUT2D eigenvalue weighted by Crippen LogP contribution is 2.23. The summed E-state index contributed by atoms with van der Waals surface area (Å²) in [4.78, 5) is 28.3. The lowest BCUT2D eigenvalue weighted by Gasteiger charge is -2.29. The maximum atomic E-state index is 12.4. The van der Waals surface area contributed by atoms with Gasteiger partial charge in [-0.1, -0.05) is 28.1 Å². The molecular weight excluding hydrogens is 344 g/mol. The number of aromatic nitrogens is 1. The fourth-order valence-corrected chi connectivity index (χ4v) is 3.19. The van der Waals surface area contributed by atoms with Crippen molar-refractivity contribution in [1.29, 1.82) is 0 Å². The molecule has 1 amide bonds. The van der Waals surface area contributed by atoms with Gasteiger partial charge in [0, 0.05) is 35.7 Å². The van der Waals surface area contributed by atoms with Crippen LogP contribution in [0, 0.1) is 0 Å². The van der Waals surface area contributed by atoms with Crippen LogP contribution < -0.4 is 5.56 Å². The third kappa shape index (κ3) is 3.47. The molecule has 1 aliphatic heterocycles. The maximum absolute atomic E-state index is 12.4. The Morgan fingerprint density at radius 3 is 2.91 bits per heavy atom. The predicted octanol–water partition coefficient (Wildman–Crippen LogP) is 2.65. The van der Waals surface area contributed by atoms with E-state index in [1.165, 1.54) is 17.2 Å². The topological polar surface area (TPSA) is 53.2 Å². The van der Waals surface area contributed by atoms with Gasteiger partial charge in [-0.25, -0.2) is 0 Å². The van der Waals surface area contributed by atoms with E-state index in [1.807, 2.05) is 17.0 Å². The second-order valence-corrected chi connectivity index (χ2v) is 6.43. The molecule has 1 aliphatic rings. The van der Waals surface area contributed by atoms with E-state index in [9.17, 15) is 9.59 Å². The lowest BCUT2D eigenvalue weighted by molar-refractivity contribution is -0.132. The maximum Gasteiger partial charge on any atom is 0.248 e. The first-order valence-electron chi connectivity index (χ1n) is 7.35. The molecule has 0 spiro atoms. The highest BCUT2D eigenvalue weighted by Gasteiger charge is 2.20. The van der Waals surface area contributed by atoms with E-state index >= 15 is 0 Å². The zero-order chi connectivity index (χ0) is 15.5. The van der Waals surface area contributed by atoms with E-state index < -0.39 is 0 Å². The van der Waals surface area contributed by atoms with Gasteiger partial charge in [-0.05, 0) is 42.2 Å². The quantitative estimate of drug-likeness (QED) is 0.914. The summed E-state index contributed by atoms with van der Waals surface area (Å²) in [5.41, 5.74) is 3.21. The van der Waals surface area contributed by atoms with E-state index in [0.717, 1.165) is 23.1 Å². The molecule has 0 radical (unpaired) electrons. The van der Waals surface area contributed by atoms with Crippen LogP contribution in [0.15, 0.2) is 45.7 Å². The molecule has 22 heavy (non-hydrogen) atoms. The Kier molecular flexibility index (Phi) is 4.43. The van der Waals surface area contributed by atoms with E-state index in [2.05, 4.69) is 33.0 Å². The summed E-state index contributed by atoms with van der Waals surface area (Å²) in [5.74, 6) is 0.135. The van der Waals surface area contributed by atoms with Gasteiger partial charge in [0.1, 0.15) is 0 Å². The van der Waals surface area contributed by atoms with Crippen LogP contribution in [-0.2, 0) is 24.2 Å². The number of benzene rings is 1. The van der Waals surface area contributed by atoms with Crippen LogP contribution in [-0.4, -0.2) is 22.3 Å². The first kappa shape index (κ1) is 15.0. The van der Waals surface area contributed by atoms with Gasteiger partial charge in [0.05, 0.1) is 0 Å². The number of rotatable bonds is 3. The molecule has 2 heterocycles. The number of amides is 1. The third-order valence-electron chi connectivity index (χ3n) is 3.97. The predicted molar refractivity (Wildman–Crippen MR) is 88.6 cm³/mol. The van der Waals surface area contributed by atoms with Crippen molar-refractivity contribution in [3.63, 3.8) is 0 Å². The molecule has 4 nitrogen and oxygen atoms in total. The Labute approximate surface area is 137 Å². The zero-order valence-electron chi connectivity index (χ0n) is 12.1. The Morgan fingerprint density at radius 1 is 1.23 bits per heavy atom. The van der Waals surface area contributed by atoms with Crippen molar-refractivity contribution in [3.8, 4) is 0 Å². The van der Waals surface area contributed by atoms with Crippen LogP contribution >= 0.6 is 15.9 Å². The number of nitrogens with zero attached hydrogens (tertiary/aromatic N) is 1. The van der Waals surface area contributed by atoms with Crippen LogP contribution in [0.3, 0.4) is 0 Å². The summed E-state index contributed by atoms with van der Waals surface area (Å²) in [6.45, 7) is 1.43. The fourth-order valence-electron chi connectivity index (χ4n) is 2.78. The molecule has 0 saturated carbocycles. The van der Waals surface area contributed by atoms with Crippen molar-refractivity contribution in [2.75, 3.05) is 6.54 Å². The van der Waals surface area contributed by atoms with Gasteiger partial charge >= 0.3 is 0 Å². The fraction of sp³-hybridized carbons (Fsp3) is 0.294. The lowest BCUT2D eigenvalue weighted by atomic mass is 9.99. The molecule has 0 bridgehead atoms. The van der Waals surface area contributed by atoms with Crippen LogP contribution in [0.2, 0.25) is 0 Å². The third-order valence-corrected chi connectivity index (χ3v) is 4.46. The summed E-state index contributed by atoms with van der Waals surface area (Å²) in [6, 6.07) is 11.3. The van der Waals surface area contributed by atoms with E-state index in [-0.39, 0.29) is 11.5 Å². The summed E-state index contributed by atoms with van der Waals surface area (Å²) in [6.07, 6.45) is 1.89. The molecule has 114 valence electrons. The number of aryl methyl sites for hydroxylation is 1.